The number of anilines is 1. The molecule has 1 aromatic heterocycles. The SMILES string of the molecule is COc1ccc(NC(C)=O)cc1-n1ccnc1-c1ccc(C)cc1F. The minimum atomic E-state index is -0.343. The Bertz CT molecular complexity index is 934. The Morgan fingerprint density at radius 1 is 1.24 bits per heavy atom. The van der Waals surface area contributed by atoms with E-state index in [1.54, 1.807) is 48.3 Å². The largest absolute Gasteiger partial charge is 0.495 e. The molecule has 1 amide bonds. The van der Waals surface area contributed by atoms with Gasteiger partial charge >= 0.3 is 0 Å². The van der Waals surface area contributed by atoms with E-state index in [0.717, 1.165) is 5.56 Å². The van der Waals surface area contributed by atoms with Crippen LogP contribution in [0, 0.1) is 12.7 Å². The second kappa shape index (κ2) is 6.76. The molecule has 5 nitrogen and oxygen atoms in total. The summed E-state index contributed by atoms with van der Waals surface area (Å²) >= 11 is 0. The van der Waals surface area contributed by atoms with Crippen LogP contribution in [0.5, 0.6) is 5.75 Å². The number of nitrogens with one attached hydrogen (secondary N) is 1. The van der Waals surface area contributed by atoms with Crippen LogP contribution in [0.4, 0.5) is 10.1 Å². The Morgan fingerprint density at radius 3 is 2.72 bits per heavy atom. The van der Waals surface area contributed by atoms with Crippen molar-refractivity contribution in [2.75, 3.05) is 12.4 Å². The van der Waals surface area contributed by atoms with E-state index in [9.17, 15) is 9.18 Å². The number of ether oxygens (including phenoxy) is 1. The number of halogens is 1. The smallest absolute Gasteiger partial charge is 0.221 e. The molecule has 1 heterocycles. The van der Waals surface area contributed by atoms with Gasteiger partial charge in [0.25, 0.3) is 0 Å². The lowest BCUT2D eigenvalue weighted by molar-refractivity contribution is -0.114. The molecule has 0 saturated carbocycles. The fraction of sp³-hybridized carbons (Fsp3) is 0.158. The van der Waals surface area contributed by atoms with Crippen LogP contribution in [0.2, 0.25) is 0 Å². The van der Waals surface area contributed by atoms with E-state index in [2.05, 4.69) is 10.3 Å². The number of nitrogens with zero attached hydrogens (tertiary/aromatic N) is 2. The first-order valence-corrected chi connectivity index (χ1v) is 7.75. The van der Waals surface area contributed by atoms with E-state index < -0.39 is 0 Å². The number of carbonyl (C=O) groups excluding carboxylic acids is 1. The van der Waals surface area contributed by atoms with E-state index >= 15 is 0 Å². The van der Waals surface area contributed by atoms with Crippen molar-refractivity contribution in [1.82, 2.24) is 9.55 Å². The Labute approximate surface area is 145 Å². The number of hydrogen-bond donors (Lipinski definition) is 1. The van der Waals surface area contributed by atoms with Crippen molar-refractivity contribution in [3.05, 3.63) is 60.2 Å². The molecule has 1 N–H and O–H groups in total. The molecule has 2 aromatic carbocycles. The quantitative estimate of drug-likeness (QED) is 0.783. The highest BCUT2D eigenvalue weighted by Crippen LogP contribution is 2.31. The fourth-order valence-electron chi connectivity index (χ4n) is 2.66. The number of carbonyl (C=O) groups is 1. The van der Waals surface area contributed by atoms with Gasteiger partial charge in [0.1, 0.15) is 17.4 Å². The van der Waals surface area contributed by atoms with Gasteiger partial charge in [0.2, 0.25) is 5.91 Å². The molecule has 0 saturated heterocycles. The number of imidazole rings is 1. The van der Waals surface area contributed by atoms with Crippen molar-refractivity contribution >= 4 is 11.6 Å². The van der Waals surface area contributed by atoms with Crippen molar-refractivity contribution < 1.29 is 13.9 Å². The zero-order valence-corrected chi connectivity index (χ0v) is 14.2. The van der Waals surface area contributed by atoms with Crippen LogP contribution in [0.15, 0.2) is 48.8 Å². The van der Waals surface area contributed by atoms with E-state index in [1.807, 2.05) is 13.0 Å². The number of benzene rings is 2. The summed E-state index contributed by atoms with van der Waals surface area (Å²) in [6.45, 7) is 3.27. The summed E-state index contributed by atoms with van der Waals surface area (Å²) in [4.78, 5) is 15.6. The van der Waals surface area contributed by atoms with Crippen LogP contribution in [0.1, 0.15) is 12.5 Å². The second-order valence-electron chi connectivity index (χ2n) is 5.67. The summed E-state index contributed by atoms with van der Waals surface area (Å²) in [5.41, 5.74) is 2.50. The topological polar surface area (TPSA) is 56.1 Å². The van der Waals surface area contributed by atoms with Crippen LogP contribution in [0.3, 0.4) is 0 Å². The van der Waals surface area contributed by atoms with Crippen LogP contribution in [0.25, 0.3) is 17.1 Å². The zero-order chi connectivity index (χ0) is 18.0. The summed E-state index contributed by atoms with van der Waals surface area (Å²) in [5, 5.41) is 2.73. The van der Waals surface area contributed by atoms with Gasteiger partial charge < -0.3 is 10.1 Å². The molecule has 25 heavy (non-hydrogen) atoms. The van der Waals surface area contributed by atoms with Gasteiger partial charge in [0.05, 0.1) is 18.4 Å². The van der Waals surface area contributed by atoms with Crippen molar-refractivity contribution in [1.29, 1.82) is 0 Å². The number of hydrogen-bond acceptors (Lipinski definition) is 3. The van der Waals surface area contributed by atoms with Crippen molar-refractivity contribution in [2.45, 2.75) is 13.8 Å². The summed E-state index contributed by atoms with van der Waals surface area (Å²) in [5.74, 6) is 0.521. The fourth-order valence-corrected chi connectivity index (χ4v) is 2.66. The average Bonchev–Trinajstić information content (AvgIpc) is 3.03. The molecule has 0 radical (unpaired) electrons. The third-order valence-corrected chi connectivity index (χ3v) is 3.76. The maximum atomic E-state index is 14.4. The molecule has 0 spiro atoms. The van der Waals surface area contributed by atoms with E-state index in [4.69, 9.17) is 4.74 Å². The molecule has 128 valence electrons. The standard InChI is InChI=1S/C19H18FN3O2/c1-12-4-6-15(16(20)10-12)19-21-8-9-23(19)17-11-14(22-13(2)24)5-7-18(17)25-3/h4-11H,1-3H3,(H,22,24). The van der Waals surface area contributed by atoms with E-state index in [0.29, 0.717) is 28.5 Å². The number of amides is 1. The number of aromatic nitrogens is 2. The minimum absolute atomic E-state index is 0.174. The summed E-state index contributed by atoms with van der Waals surface area (Å²) < 4.78 is 21.5. The van der Waals surface area contributed by atoms with Crippen LogP contribution in [-0.2, 0) is 4.79 Å². The van der Waals surface area contributed by atoms with Crippen LogP contribution in [-0.4, -0.2) is 22.6 Å². The lowest BCUT2D eigenvalue weighted by Crippen LogP contribution is -2.07. The van der Waals surface area contributed by atoms with Gasteiger partial charge in [-0.05, 0) is 42.8 Å². The first-order valence-electron chi connectivity index (χ1n) is 7.75. The Kier molecular flexibility index (Phi) is 4.52. The predicted molar refractivity (Wildman–Crippen MR) is 94.6 cm³/mol. The monoisotopic (exact) mass is 339 g/mol. The lowest BCUT2D eigenvalue weighted by Gasteiger charge is -2.14. The highest BCUT2D eigenvalue weighted by Gasteiger charge is 2.16. The molecule has 6 heteroatoms. The van der Waals surface area contributed by atoms with Gasteiger partial charge in [0, 0.05) is 25.0 Å². The highest BCUT2D eigenvalue weighted by atomic mass is 19.1. The second-order valence-corrected chi connectivity index (χ2v) is 5.67. The van der Waals surface area contributed by atoms with E-state index in [-0.39, 0.29) is 11.7 Å². The van der Waals surface area contributed by atoms with Gasteiger partial charge in [-0.1, -0.05) is 6.07 Å². The molecule has 0 fully saturated rings. The molecular formula is C19H18FN3O2. The van der Waals surface area contributed by atoms with Gasteiger partial charge in [-0.15, -0.1) is 0 Å². The maximum Gasteiger partial charge on any atom is 0.221 e. The molecule has 0 aliphatic carbocycles. The number of rotatable bonds is 4. The van der Waals surface area contributed by atoms with Gasteiger partial charge in [0.15, 0.2) is 0 Å². The van der Waals surface area contributed by atoms with Crippen molar-refractivity contribution in [3.8, 4) is 22.8 Å². The molecule has 0 atom stereocenters. The molecule has 0 aliphatic rings. The summed E-state index contributed by atoms with van der Waals surface area (Å²) in [6, 6.07) is 10.3. The third-order valence-electron chi connectivity index (χ3n) is 3.76. The first-order chi connectivity index (χ1) is 12.0. The van der Waals surface area contributed by atoms with Gasteiger partial charge in [-0.3, -0.25) is 9.36 Å². The van der Waals surface area contributed by atoms with Gasteiger partial charge in [-0.25, -0.2) is 9.37 Å². The molecule has 0 aliphatic heterocycles. The Balaban J connectivity index is 2.14. The molecule has 3 aromatic rings. The molecule has 0 bridgehead atoms. The minimum Gasteiger partial charge on any atom is -0.495 e. The molecule has 3 rings (SSSR count). The van der Waals surface area contributed by atoms with Crippen LogP contribution < -0.4 is 10.1 Å². The van der Waals surface area contributed by atoms with E-state index in [1.165, 1.54) is 13.0 Å². The number of aryl methyl sites for hydroxylation is 1. The highest BCUT2D eigenvalue weighted by molar-refractivity contribution is 5.89. The van der Waals surface area contributed by atoms with Crippen LogP contribution >= 0.6 is 0 Å². The summed E-state index contributed by atoms with van der Waals surface area (Å²) in [6.07, 6.45) is 3.32. The third kappa shape index (κ3) is 3.38. The molecule has 0 unspecified atom stereocenters. The first kappa shape index (κ1) is 16.7. The Morgan fingerprint density at radius 2 is 2.04 bits per heavy atom. The average molecular weight is 339 g/mol. The lowest BCUT2D eigenvalue weighted by atomic mass is 10.1. The van der Waals surface area contributed by atoms with Crippen molar-refractivity contribution in [2.24, 2.45) is 0 Å². The number of methoxy groups -OCH3 is 1. The maximum absolute atomic E-state index is 14.4. The van der Waals surface area contributed by atoms with Gasteiger partial charge in [-0.2, -0.15) is 0 Å². The normalized spacial score (nSPS) is 10.6. The predicted octanol–water partition coefficient (Wildman–Crippen LogP) is 3.95. The summed E-state index contributed by atoms with van der Waals surface area (Å²) in [7, 11) is 1.56. The Hall–Kier alpha value is -3.15. The zero-order valence-electron chi connectivity index (χ0n) is 14.2. The molecular weight excluding hydrogens is 321 g/mol. The van der Waals surface area contributed by atoms with Crippen molar-refractivity contribution in [3.63, 3.8) is 0 Å².